The Kier molecular flexibility index (Phi) is 5.82. The molecular formula is C20H31N5S. The van der Waals surface area contributed by atoms with Gasteiger partial charge in [0.2, 0.25) is 5.13 Å². The molecule has 6 heteroatoms. The smallest absolute Gasteiger partial charge is 0.207 e. The highest BCUT2D eigenvalue weighted by Crippen LogP contribution is 2.28. The molecule has 0 radical (unpaired) electrons. The minimum Gasteiger partial charge on any atom is -0.372 e. The van der Waals surface area contributed by atoms with Gasteiger partial charge in [-0.15, -0.1) is 0 Å². The van der Waals surface area contributed by atoms with Gasteiger partial charge in [0.1, 0.15) is 5.82 Å². The molecule has 2 aromatic rings. The fourth-order valence-corrected chi connectivity index (χ4v) is 4.13. The molecule has 142 valence electrons. The van der Waals surface area contributed by atoms with Crippen molar-refractivity contribution in [2.75, 3.05) is 43.9 Å². The fourth-order valence-electron chi connectivity index (χ4n) is 3.35. The van der Waals surface area contributed by atoms with Crippen molar-refractivity contribution in [2.45, 2.75) is 39.0 Å². The van der Waals surface area contributed by atoms with Crippen LogP contribution in [0.4, 0.5) is 16.5 Å². The fraction of sp³-hybridized carbons (Fsp3) is 0.600. The van der Waals surface area contributed by atoms with Gasteiger partial charge in [-0.25, -0.2) is 4.98 Å². The van der Waals surface area contributed by atoms with E-state index in [1.165, 1.54) is 36.6 Å². The van der Waals surface area contributed by atoms with Crippen LogP contribution in [0.2, 0.25) is 0 Å². The molecule has 1 fully saturated rings. The summed E-state index contributed by atoms with van der Waals surface area (Å²) in [7, 11) is 4.33. The number of rotatable bonds is 5. The van der Waals surface area contributed by atoms with E-state index in [1.807, 2.05) is 0 Å². The zero-order valence-corrected chi connectivity index (χ0v) is 17.4. The Morgan fingerprint density at radius 3 is 2.35 bits per heavy atom. The van der Waals surface area contributed by atoms with Crippen molar-refractivity contribution in [3.63, 3.8) is 0 Å². The number of benzene rings is 1. The summed E-state index contributed by atoms with van der Waals surface area (Å²) in [5.74, 6) is 1.72. The highest BCUT2D eigenvalue weighted by molar-refractivity contribution is 7.09. The Balaban J connectivity index is 1.56. The van der Waals surface area contributed by atoms with Crippen LogP contribution in [-0.4, -0.2) is 48.0 Å². The van der Waals surface area contributed by atoms with Gasteiger partial charge in [-0.05, 0) is 57.1 Å². The first-order valence-electron chi connectivity index (χ1n) is 9.42. The summed E-state index contributed by atoms with van der Waals surface area (Å²) >= 11 is 1.42. The summed E-state index contributed by atoms with van der Waals surface area (Å²) in [5.41, 5.74) is 2.36. The van der Waals surface area contributed by atoms with Crippen molar-refractivity contribution in [3.8, 4) is 0 Å². The van der Waals surface area contributed by atoms with Gasteiger partial charge in [0, 0.05) is 48.0 Å². The van der Waals surface area contributed by atoms with Gasteiger partial charge in [-0.1, -0.05) is 20.8 Å². The molecule has 1 aliphatic rings. The molecule has 0 unspecified atom stereocenters. The van der Waals surface area contributed by atoms with Crippen LogP contribution >= 0.6 is 11.5 Å². The number of anilines is 3. The lowest BCUT2D eigenvalue weighted by Gasteiger charge is -2.34. The Bertz CT molecular complexity index is 694. The summed E-state index contributed by atoms with van der Waals surface area (Å²) in [4.78, 5) is 9.41. The predicted molar refractivity (Wildman–Crippen MR) is 112 cm³/mol. The third-order valence-electron chi connectivity index (χ3n) is 4.82. The molecule has 1 aliphatic heterocycles. The molecule has 0 aliphatic carbocycles. The van der Waals surface area contributed by atoms with E-state index in [0.29, 0.717) is 0 Å². The third-order valence-corrected chi connectivity index (χ3v) is 5.45. The van der Waals surface area contributed by atoms with Gasteiger partial charge in [0.25, 0.3) is 0 Å². The average Bonchev–Trinajstić information content (AvgIpc) is 3.05. The molecule has 1 aromatic carbocycles. The largest absolute Gasteiger partial charge is 0.372 e. The zero-order valence-electron chi connectivity index (χ0n) is 16.6. The molecular weight excluding hydrogens is 342 g/mol. The Hall–Kier alpha value is -1.66. The van der Waals surface area contributed by atoms with E-state index in [0.717, 1.165) is 35.7 Å². The van der Waals surface area contributed by atoms with E-state index < -0.39 is 0 Å². The van der Waals surface area contributed by atoms with Crippen molar-refractivity contribution in [3.05, 3.63) is 30.1 Å². The standard InChI is InChI=1S/C20H31N5S/c1-20(2,3)18-22-19(26-23-18)21-16-6-8-17(9-7-16)25-12-10-15(11-13-25)14-24(4)5/h6-9,15H,10-14H2,1-5H3,(H,21,22,23). The number of nitrogens with zero attached hydrogens (tertiary/aromatic N) is 4. The van der Waals surface area contributed by atoms with Crippen LogP contribution in [0.5, 0.6) is 0 Å². The van der Waals surface area contributed by atoms with Crippen LogP contribution in [0, 0.1) is 5.92 Å². The molecule has 0 spiro atoms. The van der Waals surface area contributed by atoms with Crippen LogP contribution in [0.1, 0.15) is 39.4 Å². The van der Waals surface area contributed by atoms with E-state index in [9.17, 15) is 0 Å². The minimum atomic E-state index is -0.0149. The van der Waals surface area contributed by atoms with Crippen molar-refractivity contribution < 1.29 is 0 Å². The van der Waals surface area contributed by atoms with Crippen LogP contribution in [0.15, 0.2) is 24.3 Å². The van der Waals surface area contributed by atoms with Crippen molar-refractivity contribution in [2.24, 2.45) is 5.92 Å². The lowest BCUT2D eigenvalue weighted by Crippen LogP contribution is -2.37. The molecule has 0 atom stereocenters. The molecule has 0 saturated carbocycles. The van der Waals surface area contributed by atoms with Crippen molar-refractivity contribution in [1.29, 1.82) is 0 Å². The average molecular weight is 374 g/mol. The molecule has 0 bridgehead atoms. The normalized spacial score (nSPS) is 16.3. The SMILES string of the molecule is CN(C)CC1CCN(c2ccc(Nc3nc(C(C)(C)C)ns3)cc2)CC1. The number of piperidine rings is 1. The number of aromatic nitrogens is 2. The predicted octanol–water partition coefficient (Wildman–Crippen LogP) is 4.36. The summed E-state index contributed by atoms with van der Waals surface area (Å²) in [6, 6.07) is 8.69. The lowest BCUT2D eigenvalue weighted by molar-refractivity contribution is 0.285. The van der Waals surface area contributed by atoms with Gasteiger partial charge < -0.3 is 15.1 Å². The first-order chi connectivity index (χ1) is 12.3. The van der Waals surface area contributed by atoms with Crippen LogP contribution < -0.4 is 10.2 Å². The molecule has 26 heavy (non-hydrogen) atoms. The second-order valence-corrected chi connectivity index (χ2v) is 9.29. The van der Waals surface area contributed by atoms with Gasteiger partial charge >= 0.3 is 0 Å². The van der Waals surface area contributed by atoms with Gasteiger partial charge in [0.15, 0.2) is 0 Å². The first-order valence-corrected chi connectivity index (χ1v) is 10.2. The Labute approximate surface area is 161 Å². The quantitative estimate of drug-likeness (QED) is 0.844. The number of hydrogen-bond donors (Lipinski definition) is 1. The van der Waals surface area contributed by atoms with Gasteiger partial charge in [-0.3, -0.25) is 0 Å². The zero-order chi connectivity index (χ0) is 18.7. The first kappa shape index (κ1) is 19.1. The van der Waals surface area contributed by atoms with E-state index >= 15 is 0 Å². The van der Waals surface area contributed by atoms with Crippen molar-refractivity contribution in [1.82, 2.24) is 14.3 Å². The van der Waals surface area contributed by atoms with E-state index in [1.54, 1.807) is 0 Å². The second kappa shape index (κ2) is 7.92. The molecule has 1 aromatic heterocycles. The maximum atomic E-state index is 4.60. The number of nitrogens with one attached hydrogen (secondary N) is 1. The molecule has 1 N–H and O–H groups in total. The maximum Gasteiger partial charge on any atom is 0.207 e. The maximum absolute atomic E-state index is 4.60. The summed E-state index contributed by atoms with van der Waals surface area (Å²) < 4.78 is 4.46. The molecule has 2 heterocycles. The van der Waals surface area contributed by atoms with Gasteiger partial charge in [0.05, 0.1) is 0 Å². The van der Waals surface area contributed by atoms with E-state index in [2.05, 4.69) is 83.6 Å². The van der Waals surface area contributed by atoms with E-state index in [4.69, 9.17) is 0 Å². The summed E-state index contributed by atoms with van der Waals surface area (Å²) in [6.07, 6.45) is 2.55. The van der Waals surface area contributed by atoms with Crippen LogP contribution in [0.25, 0.3) is 0 Å². The topological polar surface area (TPSA) is 44.3 Å². The molecule has 0 amide bonds. The minimum absolute atomic E-state index is 0.0149. The molecule has 5 nitrogen and oxygen atoms in total. The van der Waals surface area contributed by atoms with Crippen LogP contribution in [-0.2, 0) is 5.41 Å². The Morgan fingerprint density at radius 1 is 1.15 bits per heavy atom. The highest BCUT2D eigenvalue weighted by atomic mass is 32.1. The Morgan fingerprint density at radius 2 is 1.81 bits per heavy atom. The highest BCUT2D eigenvalue weighted by Gasteiger charge is 2.21. The monoisotopic (exact) mass is 373 g/mol. The third kappa shape index (κ3) is 4.95. The lowest BCUT2D eigenvalue weighted by atomic mass is 9.96. The summed E-state index contributed by atoms with van der Waals surface area (Å²) in [6.45, 7) is 9.91. The second-order valence-electron chi connectivity index (χ2n) is 8.54. The molecule has 1 saturated heterocycles. The van der Waals surface area contributed by atoms with Crippen LogP contribution in [0.3, 0.4) is 0 Å². The van der Waals surface area contributed by atoms with Gasteiger partial charge in [-0.2, -0.15) is 4.37 Å². The molecule has 3 rings (SSSR count). The number of hydrogen-bond acceptors (Lipinski definition) is 6. The van der Waals surface area contributed by atoms with Crippen molar-refractivity contribution >= 4 is 28.0 Å². The van der Waals surface area contributed by atoms with E-state index in [-0.39, 0.29) is 5.41 Å². The summed E-state index contributed by atoms with van der Waals surface area (Å²) in [5, 5.41) is 4.23.